The highest BCUT2D eigenvalue weighted by Gasteiger charge is 2.54. The van der Waals surface area contributed by atoms with E-state index in [1.807, 2.05) is 0 Å². The minimum Gasteiger partial charge on any atom is -0.306 e. The monoisotopic (exact) mass is 439 g/mol. The van der Waals surface area contributed by atoms with Crippen LogP contribution in [0.15, 0.2) is 22.7 Å². The molecule has 0 aliphatic heterocycles. The van der Waals surface area contributed by atoms with Crippen LogP contribution in [-0.2, 0) is 21.0 Å². The molecule has 0 N–H and O–H groups in total. The zero-order valence-electron chi connectivity index (χ0n) is 14.5. The second-order valence-electron chi connectivity index (χ2n) is 6.90. The molecule has 0 amide bonds. The molecule has 0 spiro atoms. The predicted octanol–water partition coefficient (Wildman–Crippen LogP) is 4.92. The minimum atomic E-state index is -3.53. The van der Waals surface area contributed by atoms with Gasteiger partial charge in [0.25, 0.3) is 5.92 Å². The van der Waals surface area contributed by atoms with E-state index in [0.29, 0.717) is 4.47 Å². The van der Waals surface area contributed by atoms with Gasteiger partial charge >= 0.3 is 6.73 Å². The van der Waals surface area contributed by atoms with Gasteiger partial charge in [-0.2, -0.15) is 0 Å². The van der Waals surface area contributed by atoms with Crippen molar-refractivity contribution in [2.45, 2.75) is 43.8 Å². The van der Waals surface area contributed by atoms with Crippen molar-refractivity contribution in [3.05, 3.63) is 45.5 Å². The SMILES string of the molecule is [C-]#[N+]COCC(F)(F)[C@](C)(CS(=O)C(C)(C)C)c1cc(Br)ccc1F. The number of nitrogens with zero attached hydrogens (tertiary/aromatic N) is 1. The number of rotatable bonds is 7. The molecule has 140 valence electrons. The molecule has 1 aromatic rings. The molecule has 0 aliphatic rings. The number of hydrogen-bond acceptors (Lipinski definition) is 2. The smallest absolute Gasteiger partial charge is 0.306 e. The van der Waals surface area contributed by atoms with Crippen LogP contribution >= 0.6 is 15.9 Å². The Morgan fingerprint density at radius 1 is 1.28 bits per heavy atom. The molecule has 8 heteroatoms. The molecule has 0 saturated heterocycles. The fourth-order valence-corrected chi connectivity index (χ4v) is 3.84. The second-order valence-corrected chi connectivity index (χ2v) is 10.0. The van der Waals surface area contributed by atoms with Crippen molar-refractivity contribution < 1.29 is 22.1 Å². The van der Waals surface area contributed by atoms with E-state index in [4.69, 9.17) is 11.3 Å². The van der Waals surface area contributed by atoms with Crippen LogP contribution < -0.4 is 0 Å². The minimum absolute atomic E-state index is 0.240. The summed E-state index contributed by atoms with van der Waals surface area (Å²) < 4.78 is 61.4. The maximum Gasteiger partial charge on any atom is 0.318 e. The summed E-state index contributed by atoms with van der Waals surface area (Å²) in [6.45, 7) is 11.3. The largest absolute Gasteiger partial charge is 0.318 e. The van der Waals surface area contributed by atoms with Gasteiger partial charge in [0.15, 0.2) is 0 Å². The summed E-state index contributed by atoms with van der Waals surface area (Å²) in [4.78, 5) is 2.88. The molecular weight excluding hydrogens is 419 g/mol. The Balaban J connectivity index is 3.43. The molecule has 0 radical (unpaired) electrons. The number of alkyl halides is 2. The summed E-state index contributed by atoms with van der Waals surface area (Å²) in [6.07, 6.45) is 0. The normalized spacial score (nSPS) is 16.1. The van der Waals surface area contributed by atoms with Crippen molar-refractivity contribution in [2.24, 2.45) is 0 Å². The molecule has 25 heavy (non-hydrogen) atoms. The van der Waals surface area contributed by atoms with Gasteiger partial charge in [-0.25, -0.2) is 19.7 Å². The zero-order valence-corrected chi connectivity index (χ0v) is 16.9. The molecule has 0 aliphatic carbocycles. The van der Waals surface area contributed by atoms with E-state index in [1.165, 1.54) is 19.1 Å². The third-order valence-corrected chi connectivity index (χ3v) is 6.57. The third-order valence-electron chi connectivity index (χ3n) is 3.87. The summed E-state index contributed by atoms with van der Waals surface area (Å²) in [5.74, 6) is -4.78. The fraction of sp³-hybridized carbons (Fsp3) is 0.588. The van der Waals surface area contributed by atoms with Gasteiger partial charge in [0, 0.05) is 31.3 Å². The van der Waals surface area contributed by atoms with Gasteiger partial charge < -0.3 is 4.74 Å². The summed E-state index contributed by atoms with van der Waals surface area (Å²) in [6, 6.07) is 3.78. The molecule has 1 unspecified atom stereocenters. The maximum atomic E-state index is 15.0. The van der Waals surface area contributed by atoms with Crippen LogP contribution in [0.5, 0.6) is 0 Å². The Hall–Kier alpha value is -0.910. The molecule has 0 saturated carbocycles. The van der Waals surface area contributed by atoms with Crippen molar-refractivity contribution in [2.75, 3.05) is 19.1 Å². The molecule has 0 fully saturated rings. The van der Waals surface area contributed by atoms with Crippen molar-refractivity contribution in [1.82, 2.24) is 0 Å². The van der Waals surface area contributed by atoms with Crippen LogP contribution in [0.25, 0.3) is 4.85 Å². The Kier molecular flexibility index (Phi) is 7.25. The summed E-state index contributed by atoms with van der Waals surface area (Å²) in [7, 11) is -1.65. The number of ether oxygens (including phenoxy) is 1. The lowest BCUT2D eigenvalue weighted by Gasteiger charge is -2.39. The van der Waals surface area contributed by atoms with E-state index in [2.05, 4.69) is 20.8 Å². The van der Waals surface area contributed by atoms with E-state index in [-0.39, 0.29) is 5.56 Å². The van der Waals surface area contributed by atoms with Crippen molar-refractivity contribution in [3.8, 4) is 0 Å². The summed E-state index contributed by atoms with van der Waals surface area (Å²) >= 11 is 3.17. The first kappa shape index (κ1) is 22.1. The molecule has 1 aromatic carbocycles. The average Bonchev–Trinajstić information content (AvgIpc) is 2.48. The predicted molar refractivity (Wildman–Crippen MR) is 96.6 cm³/mol. The lowest BCUT2D eigenvalue weighted by atomic mass is 9.78. The highest BCUT2D eigenvalue weighted by Crippen LogP contribution is 2.43. The Bertz CT molecular complexity index is 685. The van der Waals surface area contributed by atoms with Gasteiger partial charge in [0.2, 0.25) is 0 Å². The lowest BCUT2D eigenvalue weighted by molar-refractivity contribution is -0.118. The van der Waals surface area contributed by atoms with Gasteiger partial charge in [-0.05, 0) is 45.9 Å². The van der Waals surface area contributed by atoms with Crippen LogP contribution in [0, 0.1) is 12.4 Å². The standard InChI is InChI=1S/C17H21BrF3NO2S/c1-15(2,3)25(23)10-16(4,17(20,21)9-24-11-22-5)13-8-12(18)6-7-14(13)19/h6-8H,9-11H2,1-4H3/t16-,25?/m1/s1. The van der Waals surface area contributed by atoms with Crippen LogP contribution in [0.4, 0.5) is 13.2 Å². The van der Waals surface area contributed by atoms with Gasteiger partial charge in [-0.15, -0.1) is 0 Å². The first-order chi connectivity index (χ1) is 11.3. The Morgan fingerprint density at radius 3 is 2.40 bits per heavy atom. The molecular formula is C17H21BrF3NO2S. The maximum absolute atomic E-state index is 15.0. The highest BCUT2D eigenvalue weighted by atomic mass is 79.9. The molecule has 3 nitrogen and oxygen atoms in total. The van der Waals surface area contributed by atoms with Crippen molar-refractivity contribution in [1.29, 1.82) is 0 Å². The Labute approximate surface area is 157 Å². The topological polar surface area (TPSA) is 30.7 Å². The molecule has 2 atom stereocenters. The van der Waals surface area contributed by atoms with E-state index >= 15 is 0 Å². The molecule has 0 bridgehead atoms. The third kappa shape index (κ3) is 5.28. The summed E-state index contributed by atoms with van der Waals surface area (Å²) in [5.41, 5.74) is -2.31. The molecule has 0 aromatic heterocycles. The highest BCUT2D eigenvalue weighted by molar-refractivity contribution is 9.10. The van der Waals surface area contributed by atoms with Gasteiger partial charge in [-0.3, -0.25) is 9.05 Å². The van der Waals surface area contributed by atoms with Crippen molar-refractivity contribution >= 4 is 26.7 Å². The number of hydrogen-bond donors (Lipinski definition) is 0. The first-order valence-corrected chi connectivity index (χ1v) is 9.59. The average molecular weight is 440 g/mol. The van der Waals surface area contributed by atoms with Gasteiger partial charge in [0.1, 0.15) is 12.4 Å². The first-order valence-electron chi connectivity index (χ1n) is 7.48. The van der Waals surface area contributed by atoms with Crippen LogP contribution in [0.1, 0.15) is 33.3 Å². The van der Waals surface area contributed by atoms with E-state index < -0.39 is 51.8 Å². The lowest BCUT2D eigenvalue weighted by Crippen LogP contribution is -2.52. The van der Waals surface area contributed by atoms with Crippen LogP contribution in [0.3, 0.4) is 0 Å². The second kappa shape index (κ2) is 8.19. The quantitative estimate of drug-likeness (QED) is 0.445. The number of benzene rings is 1. The zero-order chi connectivity index (χ0) is 19.5. The molecule has 1 rings (SSSR count). The molecule has 0 heterocycles. The van der Waals surface area contributed by atoms with E-state index in [1.54, 1.807) is 20.8 Å². The van der Waals surface area contributed by atoms with E-state index in [0.717, 1.165) is 6.07 Å². The fourth-order valence-electron chi connectivity index (χ4n) is 2.16. The summed E-state index contributed by atoms with van der Waals surface area (Å²) in [5, 5.41) is 0. The van der Waals surface area contributed by atoms with Crippen molar-refractivity contribution in [3.63, 3.8) is 0 Å². The van der Waals surface area contributed by atoms with Crippen LogP contribution in [0.2, 0.25) is 0 Å². The number of halogens is 4. The Morgan fingerprint density at radius 2 is 1.88 bits per heavy atom. The van der Waals surface area contributed by atoms with Crippen LogP contribution in [-0.4, -0.2) is 34.0 Å². The van der Waals surface area contributed by atoms with Gasteiger partial charge in [-0.1, -0.05) is 15.9 Å². The van der Waals surface area contributed by atoms with E-state index in [9.17, 15) is 17.4 Å². The van der Waals surface area contributed by atoms with Gasteiger partial charge in [0.05, 0.1) is 5.41 Å².